The molecular weight excluding hydrogens is 380 g/mol. The quantitative estimate of drug-likeness (QED) is 0.554. The minimum atomic E-state index is -0.230. The van der Waals surface area contributed by atoms with Gasteiger partial charge in [0.2, 0.25) is 0 Å². The number of carbonyl (C=O) groups excluding carboxylic acids is 1. The summed E-state index contributed by atoms with van der Waals surface area (Å²) in [6.07, 6.45) is 3.50. The maximum absolute atomic E-state index is 12.9. The van der Waals surface area contributed by atoms with Crippen LogP contribution in [0.1, 0.15) is 15.9 Å². The van der Waals surface area contributed by atoms with E-state index in [9.17, 15) is 4.79 Å². The van der Waals surface area contributed by atoms with Crippen LogP contribution in [0.3, 0.4) is 0 Å². The van der Waals surface area contributed by atoms with Gasteiger partial charge in [0, 0.05) is 37.5 Å². The summed E-state index contributed by atoms with van der Waals surface area (Å²) >= 11 is 1.45. The summed E-state index contributed by atoms with van der Waals surface area (Å²) in [5, 5.41) is 3.57. The average Bonchev–Trinajstić information content (AvgIpc) is 2.77. The van der Waals surface area contributed by atoms with Gasteiger partial charge in [-0.25, -0.2) is 9.97 Å². The van der Waals surface area contributed by atoms with Crippen molar-refractivity contribution in [2.75, 3.05) is 51.7 Å². The fourth-order valence-corrected chi connectivity index (χ4v) is 3.24. The van der Waals surface area contributed by atoms with E-state index in [0.29, 0.717) is 60.9 Å². The third kappa shape index (κ3) is 4.66. The Morgan fingerprint density at radius 1 is 1.29 bits per heavy atom. The molecular formula is C19H24N4O4S. The highest BCUT2D eigenvalue weighted by Gasteiger charge is 2.22. The van der Waals surface area contributed by atoms with Gasteiger partial charge in [-0.3, -0.25) is 4.79 Å². The third-order valence-corrected chi connectivity index (χ3v) is 4.98. The van der Waals surface area contributed by atoms with Crippen molar-refractivity contribution in [3.8, 4) is 11.5 Å². The lowest BCUT2D eigenvalue weighted by Gasteiger charge is -2.29. The lowest BCUT2D eigenvalue weighted by molar-refractivity contribution is 0.0948. The summed E-state index contributed by atoms with van der Waals surface area (Å²) in [5.41, 5.74) is 1.30. The monoisotopic (exact) mass is 404 g/mol. The molecule has 0 atom stereocenters. The number of ether oxygens (including phenoxy) is 3. The molecule has 150 valence electrons. The van der Waals surface area contributed by atoms with E-state index in [1.807, 2.05) is 18.4 Å². The second-order valence-corrected chi connectivity index (χ2v) is 6.83. The van der Waals surface area contributed by atoms with Crippen molar-refractivity contribution in [2.45, 2.75) is 11.7 Å². The van der Waals surface area contributed by atoms with Crippen LogP contribution >= 0.6 is 11.8 Å². The van der Waals surface area contributed by atoms with Gasteiger partial charge in [0.05, 0.1) is 27.4 Å². The molecule has 3 rings (SSSR count). The zero-order chi connectivity index (χ0) is 19.9. The predicted molar refractivity (Wildman–Crippen MR) is 108 cm³/mol. The topological polar surface area (TPSA) is 85.8 Å². The lowest BCUT2D eigenvalue weighted by Crippen LogP contribution is -2.38. The fraction of sp³-hybridized carbons (Fsp3) is 0.421. The third-order valence-electron chi connectivity index (χ3n) is 4.42. The van der Waals surface area contributed by atoms with Crippen LogP contribution < -0.4 is 19.7 Å². The zero-order valence-electron chi connectivity index (χ0n) is 16.2. The van der Waals surface area contributed by atoms with E-state index in [1.54, 1.807) is 26.5 Å². The highest BCUT2D eigenvalue weighted by Crippen LogP contribution is 2.25. The Morgan fingerprint density at radius 3 is 2.75 bits per heavy atom. The molecule has 0 radical (unpaired) electrons. The molecule has 2 heterocycles. The number of morpholine rings is 1. The Hall–Kier alpha value is -2.52. The van der Waals surface area contributed by atoms with E-state index >= 15 is 0 Å². The van der Waals surface area contributed by atoms with Crippen LogP contribution in [0.2, 0.25) is 0 Å². The number of thioether (sulfide) groups is 1. The zero-order valence-corrected chi connectivity index (χ0v) is 17.0. The summed E-state index contributed by atoms with van der Waals surface area (Å²) in [4.78, 5) is 23.8. The van der Waals surface area contributed by atoms with E-state index in [-0.39, 0.29) is 5.91 Å². The fourth-order valence-electron chi connectivity index (χ4n) is 2.90. The lowest BCUT2D eigenvalue weighted by atomic mass is 10.1. The molecule has 2 aromatic rings. The molecule has 1 aromatic heterocycles. The van der Waals surface area contributed by atoms with Crippen molar-refractivity contribution < 1.29 is 19.0 Å². The van der Waals surface area contributed by atoms with E-state index in [2.05, 4.69) is 20.2 Å². The first-order chi connectivity index (χ1) is 13.7. The van der Waals surface area contributed by atoms with Crippen molar-refractivity contribution >= 4 is 23.5 Å². The number of methoxy groups -OCH3 is 2. The molecule has 0 aliphatic carbocycles. The number of anilines is 1. The number of aromatic nitrogens is 2. The van der Waals surface area contributed by atoms with Gasteiger partial charge in [-0.2, -0.15) is 0 Å². The molecule has 1 aliphatic rings. The van der Waals surface area contributed by atoms with Gasteiger partial charge in [-0.05, 0) is 18.4 Å². The summed E-state index contributed by atoms with van der Waals surface area (Å²) in [6, 6.07) is 5.49. The molecule has 0 bridgehead atoms. The first-order valence-corrected chi connectivity index (χ1v) is 10.1. The normalized spacial score (nSPS) is 13.9. The van der Waals surface area contributed by atoms with Gasteiger partial charge in [0.15, 0.2) is 5.16 Å². The Balaban J connectivity index is 1.79. The first-order valence-electron chi connectivity index (χ1n) is 8.89. The number of hydrogen-bond acceptors (Lipinski definition) is 8. The van der Waals surface area contributed by atoms with Gasteiger partial charge in [0.25, 0.3) is 5.91 Å². The van der Waals surface area contributed by atoms with Crippen LogP contribution in [0.5, 0.6) is 11.5 Å². The number of nitrogens with one attached hydrogen (secondary N) is 1. The molecule has 28 heavy (non-hydrogen) atoms. The maximum Gasteiger partial charge on any atom is 0.256 e. The Labute approximate surface area is 168 Å². The van der Waals surface area contributed by atoms with Crippen LogP contribution in [0.25, 0.3) is 0 Å². The Kier molecular flexibility index (Phi) is 6.94. The molecule has 0 saturated carbocycles. The van der Waals surface area contributed by atoms with Crippen LogP contribution in [0.4, 0.5) is 5.82 Å². The van der Waals surface area contributed by atoms with E-state index in [0.717, 1.165) is 5.56 Å². The molecule has 1 amide bonds. The van der Waals surface area contributed by atoms with Crippen LogP contribution in [0.15, 0.2) is 29.6 Å². The van der Waals surface area contributed by atoms with E-state index in [1.165, 1.54) is 11.8 Å². The average molecular weight is 404 g/mol. The predicted octanol–water partition coefficient (Wildman–Crippen LogP) is 1.98. The van der Waals surface area contributed by atoms with Crippen LogP contribution in [-0.2, 0) is 11.3 Å². The maximum atomic E-state index is 12.9. The van der Waals surface area contributed by atoms with E-state index < -0.39 is 0 Å². The summed E-state index contributed by atoms with van der Waals surface area (Å²) in [5.74, 6) is 1.76. The minimum absolute atomic E-state index is 0.230. The van der Waals surface area contributed by atoms with Gasteiger partial charge in [-0.1, -0.05) is 11.8 Å². The van der Waals surface area contributed by atoms with Crippen molar-refractivity contribution in [3.63, 3.8) is 0 Å². The van der Waals surface area contributed by atoms with Gasteiger partial charge in [-0.15, -0.1) is 0 Å². The van der Waals surface area contributed by atoms with Gasteiger partial charge in [0.1, 0.15) is 22.9 Å². The highest BCUT2D eigenvalue weighted by atomic mass is 32.2. The molecule has 1 fully saturated rings. The first kappa shape index (κ1) is 20.2. The summed E-state index contributed by atoms with van der Waals surface area (Å²) in [7, 11) is 3.19. The molecule has 8 nitrogen and oxygen atoms in total. The van der Waals surface area contributed by atoms with Crippen molar-refractivity contribution in [1.82, 2.24) is 15.3 Å². The van der Waals surface area contributed by atoms with Gasteiger partial charge >= 0.3 is 0 Å². The largest absolute Gasteiger partial charge is 0.497 e. The van der Waals surface area contributed by atoms with Crippen molar-refractivity contribution in [3.05, 3.63) is 35.5 Å². The molecule has 1 saturated heterocycles. The number of hydrogen-bond donors (Lipinski definition) is 1. The number of nitrogens with zero attached hydrogens (tertiary/aromatic N) is 3. The standard InChI is InChI=1S/C19H24N4O4S/c1-25-14-5-4-13(16(10-14)26-2)11-20-18(24)15-12-21-19(28-3)22-17(15)23-6-8-27-9-7-23/h4-5,10,12H,6-9,11H2,1-3H3,(H,20,24). The van der Waals surface area contributed by atoms with Crippen molar-refractivity contribution in [1.29, 1.82) is 0 Å². The van der Waals surface area contributed by atoms with Crippen molar-refractivity contribution in [2.24, 2.45) is 0 Å². The van der Waals surface area contributed by atoms with Crippen LogP contribution in [-0.4, -0.2) is 62.7 Å². The van der Waals surface area contributed by atoms with E-state index in [4.69, 9.17) is 14.2 Å². The Morgan fingerprint density at radius 2 is 2.07 bits per heavy atom. The molecule has 1 aliphatic heterocycles. The number of amides is 1. The molecule has 9 heteroatoms. The second-order valence-electron chi connectivity index (χ2n) is 6.05. The SMILES string of the molecule is COc1ccc(CNC(=O)c2cnc(SC)nc2N2CCOCC2)c(OC)c1. The number of carbonyl (C=O) groups is 1. The van der Waals surface area contributed by atoms with Crippen LogP contribution in [0, 0.1) is 0 Å². The smallest absolute Gasteiger partial charge is 0.256 e. The molecule has 0 spiro atoms. The summed E-state index contributed by atoms with van der Waals surface area (Å²) < 4.78 is 16.0. The minimum Gasteiger partial charge on any atom is -0.497 e. The number of rotatable bonds is 7. The summed E-state index contributed by atoms with van der Waals surface area (Å²) in [6.45, 7) is 2.93. The molecule has 0 unspecified atom stereocenters. The number of benzene rings is 1. The molecule has 1 aromatic carbocycles. The highest BCUT2D eigenvalue weighted by molar-refractivity contribution is 7.98. The second kappa shape index (κ2) is 9.61. The molecule has 1 N–H and O–H groups in total. The van der Waals surface area contributed by atoms with Gasteiger partial charge < -0.3 is 24.4 Å². The Bertz CT molecular complexity index is 828.